The Morgan fingerprint density at radius 2 is 1.17 bits per heavy atom. The molecule has 6 N–H and O–H groups in total. The van der Waals surface area contributed by atoms with Crippen molar-refractivity contribution in [1.82, 2.24) is 9.13 Å². The van der Waals surface area contributed by atoms with Crippen LogP contribution in [0.25, 0.3) is 21.8 Å². The fraction of sp³-hybridized carbons (Fsp3) is 0.308. The van der Waals surface area contributed by atoms with Crippen molar-refractivity contribution in [3.63, 3.8) is 0 Å². The number of carbonyl (C=O) groups is 2. The first-order valence-electron chi connectivity index (χ1n) is 21.8. The Hall–Kier alpha value is -6.76. The van der Waals surface area contributed by atoms with E-state index >= 15 is 0 Å². The number of hydrogen-bond donors (Lipinski definition) is 6. The van der Waals surface area contributed by atoms with Crippen molar-refractivity contribution in [3.8, 4) is 23.0 Å². The number of phenolic OH excluding ortho intramolecular Hbond substituents is 4. The van der Waals surface area contributed by atoms with Gasteiger partial charge in [-0.1, -0.05) is 75.2 Å². The van der Waals surface area contributed by atoms with Crippen LogP contribution in [-0.4, -0.2) is 78.1 Å². The highest BCUT2D eigenvalue weighted by Crippen LogP contribution is 2.36. The number of phenols is 4. The van der Waals surface area contributed by atoms with E-state index in [1.807, 2.05) is 57.9 Å². The van der Waals surface area contributed by atoms with E-state index in [1.165, 1.54) is 7.11 Å². The van der Waals surface area contributed by atoms with Crippen LogP contribution in [0.15, 0.2) is 109 Å². The molecular formula is C52H58N2O10. The maximum atomic E-state index is 12.2. The van der Waals surface area contributed by atoms with Gasteiger partial charge in [-0.15, -0.1) is 0 Å². The lowest BCUT2D eigenvalue weighted by Crippen LogP contribution is -2.20. The Balaban J connectivity index is 0.000000216. The number of aromatic hydroxyl groups is 4. The first-order valence-corrected chi connectivity index (χ1v) is 21.8. The number of ether oxygens (including phenoxy) is 2. The second kappa shape index (κ2) is 22.0. The van der Waals surface area contributed by atoms with Crippen LogP contribution < -0.4 is 0 Å². The molecule has 0 aliphatic rings. The van der Waals surface area contributed by atoms with Gasteiger partial charge in [-0.3, -0.25) is 0 Å². The van der Waals surface area contributed by atoms with Crippen molar-refractivity contribution >= 4 is 33.7 Å². The largest absolute Gasteiger partial charge is 0.507 e. The van der Waals surface area contributed by atoms with Crippen LogP contribution in [0, 0.1) is 0 Å². The van der Waals surface area contributed by atoms with Gasteiger partial charge in [-0.05, 0) is 103 Å². The molecule has 0 aliphatic carbocycles. The SMILES string of the molecule is CCCCc1ccc(O)c(Cn2cc(CC(O)COC(=O)c3ccccc3)c3ccccc32)c1O.CCCCc1ccc(O)c(Cn2cc(CCO)c3cc(C(=O)OC)ccc32)c1O. The van der Waals surface area contributed by atoms with Crippen LogP contribution >= 0.6 is 0 Å². The minimum atomic E-state index is -0.874. The number of benzene rings is 5. The highest BCUT2D eigenvalue weighted by molar-refractivity contribution is 5.96. The number of esters is 2. The monoisotopic (exact) mass is 870 g/mol. The Morgan fingerprint density at radius 3 is 1.75 bits per heavy atom. The summed E-state index contributed by atoms with van der Waals surface area (Å²) in [7, 11) is 1.34. The lowest BCUT2D eigenvalue weighted by molar-refractivity contribution is 0.0259. The second-order valence-corrected chi connectivity index (χ2v) is 16.0. The Kier molecular flexibility index (Phi) is 16.1. The Labute approximate surface area is 373 Å². The molecule has 12 heteroatoms. The fourth-order valence-electron chi connectivity index (χ4n) is 7.96. The first kappa shape index (κ1) is 46.7. The summed E-state index contributed by atoms with van der Waals surface area (Å²) in [4.78, 5) is 24.1. The third kappa shape index (κ3) is 11.1. The van der Waals surface area contributed by atoms with E-state index in [9.17, 15) is 40.2 Å². The molecule has 1 unspecified atom stereocenters. The molecule has 2 heterocycles. The van der Waals surface area contributed by atoms with Crippen LogP contribution in [0.4, 0.5) is 0 Å². The number of fused-ring (bicyclic) bond motifs is 2. The number of para-hydroxylation sites is 1. The van der Waals surface area contributed by atoms with Gasteiger partial charge in [0.05, 0.1) is 48.6 Å². The van der Waals surface area contributed by atoms with Gasteiger partial charge in [0.15, 0.2) is 0 Å². The van der Waals surface area contributed by atoms with Gasteiger partial charge in [-0.25, -0.2) is 9.59 Å². The zero-order chi connectivity index (χ0) is 45.8. The molecule has 1 atom stereocenters. The lowest BCUT2D eigenvalue weighted by atomic mass is 10.0. The maximum absolute atomic E-state index is 12.2. The lowest BCUT2D eigenvalue weighted by Gasteiger charge is -2.13. The van der Waals surface area contributed by atoms with Gasteiger partial charge in [0.2, 0.25) is 0 Å². The summed E-state index contributed by atoms with van der Waals surface area (Å²) in [5, 5.41) is 64.2. The van der Waals surface area contributed by atoms with Crippen molar-refractivity contribution in [2.45, 2.75) is 84.4 Å². The number of aryl methyl sites for hydroxylation is 2. The average Bonchev–Trinajstić information content (AvgIpc) is 3.84. The quantitative estimate of drug-likeness (QED) is 0.0455. The first-order chi connectivity index (χ1) is 31.0. The van der Waals surface area contributed by atoms with Crippen molar-refractivity contribution in [2.75, 3.05) is 20.3 Å². The molecule has 7 rings (SSSR count). The molecule has 12 nitrogen and oxygen atoms in total. The van der Waals surface area contributed by atoms with Crippen LogP contribution in [-0.2, 0) is 48.2 Å². The molecule has 336 valence electrons. The minimum Gasteiger partial charge on any atom is -0.507 e. The van der Waals surface area contributed by atoms with Crippen molar-refractivity contribution in [2.24, 2.45) is 0 Å². The molecule has 0 saturated heterocycles. The van der Waals surface area contributed by atoms with E-state index in [0.717, 1.165) is 82.6 Å². The zero-order valence-electron chi connectivity index (χ0n) is 36.7. The summed E-state index contributed by atoms with van der Waals surface area (Å²) in [6.45, 7) is 4.62. The molecule has 7 aromatic rings. The number of aromatic nitrogens is 2. The molecule has 0 fully saturated rings. The minimum absolute atomic E-state index is 0.0232. The van der Waals surface area contributed by atoms with Crippen molar-refractivity contribution < 1.29 is 49.7 Å². The molecule has 0 aliphatic heterocycles. The summed E-state index contributed by atoms with van der Waals surface area (Å²) in [6, 6.07) is 28.5. The van der Waals surface area contributed by atoms with Gasteiger partial charge in [0.1, 0.15) is 29.6 Å². The molecule has 5 aromatic carbocycles. The third-order valence-corrected chi connectivity index (χ3v) is 11.4. The number of unbranched alkanes of at least 4 members (excludes halogenated alkanes) is 2. The average molecular weight is 871 g/mol. The number of methoxy groups -OCH3 is 1. The Morgan fingerprint density at radius 1 is 0.609 bits per heavy atom. The molecule has 0 amide bonds. The van der Waals surface area contributed by atoms with Crippen LogP contribution in [0.1, 0.15) is 93.6 Å². The smallest absolute Gasteiger partial charge is 0.338 e. The van der Waals surface area contributed by atoms with Crippen LogP contribution in [0.2, 0.25) is 0 Å². The summed E-state index contributed by atoms with van der Waals surface area (Å²) >= 11 is 0. The molecule has 0 bridgehead atoms. The normalized spacial score (nSPS) is 11.6. The molecular weight excluding hydrogens is 813 g/mol. The van der Waals surface area contributed by atoms with Gasteiger partial charge in [0.25, 0.3) is 0 Å². The topological polar surface area (TPSA) is 184 Å². The number of aliphatic hydroxyl groups excluding tert-OH is 2. The van der Waals surface area contributed by atoms with Gasteiger partial charge < -0.3 is 49.2 Å². The van der Waals surface area contributed by atoms with Gasteiger partial charge in [0, 0.05) is 47.2 Å². The highest BCUT2D eigenvalue weighted by atomic mass is 16.5. The summed E-state index contributed by atoms with van der Waals surface area (Å²) in [5.41, 5.74) is 7.01. The predicted molar refractivity (Wildman–Crippen MR) is 247 cm³/mol. The number of carbonyl (C=O) groups excluding carboxylic acids is 2. The van der Waals surface area contributed by atoms with E-state index in [0.29, 0.717) is 35.1 Å². The van der Waals surface area contributed by atoms with Crippen molar-refractivity contribution in [1.29, 1.82) is 0 Å². The summed E-state index contributed by atoms with van der Waals surface area (Å²) in [5.74, 6) is -0.551. The maximum Gasteiger partial charge on any atom is 0.338 e. The fourth-order valence-corrected chi connectivity index (χ4v) is 7.96. The molecule has 2 aromatic heterocycles. The standard InChI is InChI=1S/C29H31NO5.C23H27NO5/c1-2-3-9-20-14-15-27(32)25(28(20)33)18-30-17-22(24-12-7-8-13-26(24)30)16-23(31)19-35-29(34)21-10-5-4-6-11-21;1-3-4-5-15-7-9-21(26)19(22(15)27)14-24-13-17(10-11-25)18-12-16(23(28)29-2)6-8-20(18)24/h4-8,10-15,17,23,31-33H,2-3,9,16,18-19H2,1H3;6-9,12-13,25-27H,3-5,10-11,14H2,1-2H3. The zero-order valence-corrected chi connectivity index (χ0v) is 36.7. The van der Waals surface area contributed by atoms with Crippen LogP contribution in [0.3, 0.4) is 0 Å². The van der Waals surface area contributed by atoms with E-state index in [2.05, 4.69) is 13.8 Å². The van der Waals surface area contributed by atoms with Gasteiger partial charge >= 0.3 is 11.9 Å². The van der Waals surface area contributed by atoms with E-state index in [-0.39, 0.29) is 49.3 Å². The summed E-state index contributed by atoms with van der Waals surface area (Å²) < 4.78 is 14.0. The van der Waals surface area contributed by atoms with Gasteiger partial charge in [-0.2, -0.15) is 0 Å². The molecule has 0 radical (unpaired) electrons. The van der Waals surface area contributed by atoms with E-state index in [4.69, 9.17) is 9.47 Å². The van der Waals surface area contributed by atoms with E-state index in [1.54, 1.807) is 60.7 Å². The third-order valence-electron chi connectivity index (χ3n) is 11.4. The predicted octanol–water partition coefficient (Wildman–Crippen LogP) is 8.97. The number of nitrogens with zero attached hydrogens (tertiary/aromatic N) is 2. The van der Waals surface area contributed by atoms with Crippen molar-refractivity contribution in [3.05, 3.63) is 154 Å². The molecule has 0 saturated carbocycles. The van der Waals surface area contributed by atoms with Crippen LogP contribution in [0.5, 0.6) is 23.0 Å². The molecule has 64 heavy (non-hydrogen) atoms. The highest BCUT2D eigenvalue weighted by Gasteiger charge is 2.20. The summed E-state index contributed by atoms with van der Waals surface area (Å²) in [6.07, 6.45) is 9.12. The Bertz CT molecular complexity index is 2680. The number of aliphatic hydroxyl groups is 2. The number of rotatable bonds is 18. The number of hydrogen-bond acceptors (Lipinski definition) is 10. The second-order valence-electron chi connectivity index (χ2n) is 16.0. The van der Waals surface area contributed by atoms with E-state index < -0.39 is 18.0 Å². The molecule has 0 spiro atoms.